The van der Waals surface area contributed by atoms with Gasteiger partial charge in [-0.25, -0.2) is 0 Å². The van der Waals surface area contributed by atoms with Crippen molar-refractivity contribution in [2.45, 2.75) is 32.1 Å². The quantitative estimate of drug-likeness (QED) is 0.732. The Morgan fingerprint density at radius 1 is 0.792 bits per heavy atom. The van der Waals surface area contributed by atoms with Gasteiger partial charge in [-0.05, 0) is 30.5 Å². The molecular weight excluding hydrogens is 296 g/mol. The number of hydrogen-bond acceptors (Lipinski definition) is 4. The number of benzene rings is 1. The Balaban J connectivity index is 1.74. The smallest absolute Gasteiger partial charge is 0.159 e. The summed E-state index contributed by atoms with van der Waals surface area (Å²) in [5, 5.41) is 11.7. The Kier molecular flexibility index (Phi) is 4.36. The fourth-order valence-electron chi connectivity index (χ4n) is 3.49. The normalized spacial score (nSPS) is 15.4. The minimum Gasteiger partial charge on any atom is -0.355 e. The van der Waals surface area contributed by atoms with Crippen LogP contribution in [0.1, 0.15) is 36.9 Å². The van der Waals surface area contributed by atoms with Crippen molar-refractivity contribution in [1.29, 1.82) is 0 Å². The summed E-state index contributed by atoms with van der Waals surface area (Å²) in [6.07, 6.45) is 9.58. The molecule has 4 heteroatoms. The van der Waals surface area contributed by atoms with Crippen LogP contribution in [0.2, 0.25) is 0 Å². The van der Waals surface area contributed by atoms with Crippen molar-refractivity contribution in [1.82, 2.24) is 15.2 Å². The average Bonchev–Trinajstić information content (AvgIpc) is 2.92. The van der Waals surface area contributed by atoms with Gasteiger partial charge in [-0.1, -0.05) is 37.1 Å². The summed E-state index contributed by atoms with van der Waals surface area (Å²) >= 11 is 0. The van der Waals surface area contributed by atoms with Gasteiger partial charge in [-0.3, -0.25) is 4.98 Å². The lowest BCUT2D eigenvalue weighted by atomic mass is 10.0. The molecule has 1 aliphatic heterocycles. The molecule has 0 radical (unpaired) electrons. The van der Waals surface area contributed by atoms with E-state index in [-0.39, 0.29) is 0 Å². The molecule has 122 valence electrons. The zero-order valence-electron chi connectivity index (χ0n) is 13.9. The van der Waals surface area contributed by atoms with Gasteiger partial charge in [0.15, 0.2) is 5.82 Å². The minimum atomic E-state index is 0.788. The van der Waals surface area contributed by atoms with E-state index in [1.54, 1.807) is 0 Å². The molecule has 3 heterocycles. The Labute approximate surface area is 142 Å². The molecular formula is C20H22N4. The van der Waals surface area contributed by atoms with E-state index in [0.717, 1.165) is 31.0 Å². The van der Waals surface area contributed by atoms with Crippen LogP contribution in [0, 0.1) is 0 Å². The molecule has 0 atom stereocenters. The molecule has 4 rings (SSSR count). The summed E-state index contributed by atoms with van der Waals surface area (Å²) < 4.78 is 0. The summed E-state index contributed by atoms with van der Waals surface area (Å²) in [6.45, 7) is 2.17. The van der Waals surface area contributed by atoms with E-state index >= 15 is 0 Å². The lowest BCUT2D eigenvalue weighted by Gasteiger charge is -2.23. The number of anilines is 1. The molecule has 0 spiro atoms. The first kappa shape index (κ1) is 15.1. The molecule has 0 N–H and O–H groups in total. The number of aromatic nitrogens is 3. The lowest BCUT2D eigenvalue weighted by molar-refractivity contribution is 0.726. The van der Waals surface area contributed by atoms with Crippen molar-refractivity contribution < 1.29 is 0 Å². The minimum absolute atomic E-state index is 0.788. The largest absolute Gasteiger partial charge is 0.355 e. The first-order valence-corrected chi connectivity index (χ1v) is 8.80. The van der Waals surface area contributed by atoms with Gasteiger partial charge in [0.05, 0.1) is 5.69 Å². The van der Waals surface area contributed by atoms with E-state index in [1.165, 1.54) is 42.0 Å². The predicted molar refractivity (Wildman–Crippen MR) is 97.3 cm³/mol. The van der Waals surface area contributed by atoms with Crippen LogP contribution in [0.5, 0.6) is 0 Å². The highest BCUT2D eigenvalue weighted by Gasteiger charge is 2.16. The molecule has 1 aromatic carbocycles. The Morgan fingerprint density at radius 3 is 2.25 bits per heavy atom. The Bertz CT molecular complexity index is 808. The highest BCUT2D eigenvalue weighted by molar-refractivity contribution is 5.93. The van der Waals surface area contributed by atoms with E-state index < -0.39 is 0 Å². The molecule has 3 aromatic rings. The summed E-state index contributed by atoms with van der Waals surface area (Å²) in [5.41, 5.74) is 2.25. The van der Waals surface area contributed by atoms with Crippen LogP contribution in [-0.2, 0) is 6.42 Å². The van der Waals surface area contributed by atoms with Gasteiger partial charge in [0, 0.05) is 42.7 Å². The summed E-state index contributed by atoms with van der Waals surface area (Å²) in [7, 11) is 0. The molecule has 1 saturated heterocycles. The highest BCUT2D eigenvalue weighted by Crippen LogP contribution is 2.28. The van der Waals surface area contributed by atoms with Crippen molar-refractivity contribution in [2.75, 3.05) is 18.0 Å². The zero-order valence-corrected chi connectivity index (χ0v) is 13.9. The third-order valence-electron chi connectivity index (χ3n) is 4.77. The highest BCUT2D eigenvalue weighted by atomic mass is 15.3. The molecule has 2 aromatic heterocycles. The van der Waals surface area contributed by atoms with Crippen LogP contribution in [0.15, 0.2) is 48.8 Å². The summed E-state index contributed by atoms with van der Waals surface area (Å²) in [6, 6.07) is 12.6. The fraction of sp³-hybridized carbons (Fsp3) is 0.350. The molecule has 0 saturated carbocycles. The monoisotopic (exact) mass is 318 g/mol. The van der Waals surface area contributed by atoms with Gasteiger partial charge < -0.3 is 4.90 Å². The van der Waals surface area contributed by atoms with Gasteiger partial charge in [-0.15, -0.1) is 5.10 Å². The summed E-state index contributed by atoms with van der Waals surface area (Å²) in [4.78, 5) is 6.51. The van der Waals surface area contributed by atoms with E-state index in [9.17, 15) is 0 Å². The lowest BCUT2D eigenvalue weighted by Crippen LogP contribution is -2.25. The molecule has 24 heavy (non-hydrogen) atoms. The molecule has 0 bridgehead atoms. The van der Waals surface area contributed by atoms with Crippen LogP contribution in [0.4, 0.5) is 5.82 Å². The van der Waals surface area contributed by atoms with Crippen LogP contribution in [-0.4, -0.2) is 28.3 Å². The predicted octanol–water partition coefficient (Wildman–Crippen LogP) is 4.00. The Hall–Kier alpha value is -2.49. The van der Waals surface area contributed by atoms with Crippen LogP contribution < -0.4 is 4.90 Å². The third kappa shape index (κ3) is 3.09. The van der Waals surface area contributed by atoms with E-state index in [1.807, 2.05) is 24.5 Å². The van der Waals surface area contributed by atoms with Crippen molar-refractivity contribution in [3.8, 4) is 0 Å². The number of nitrogens with zero attached hydrogens (tertiary/aromatic N) is 4. The van der Waals surface area contributed by atoms with Crippen LogP contribution in [0.25, 0.3) is 10.8 Å². The second kappa shape index (κ2) is 6.95. The van der Waals surface area contributed by atoms with Crippen LogP contribution >= 0.6 is 0 Å². The molecule has 0 aliphatic carbocycles. The maximum Gasteiger partial charge on any atom is 0.159 e. The molecule has 1 fully saturated rings. The van der Waals surface area contributed by atoms with Crippen molar-refractivity contribution in [3.63, 3.8) is 0 Å². The van der Waals surface area contributed by atoms with Crippen LogP contribution in [0.3, 0.4) is 0 Å². The van der Waals surface area contributed by atoms with Gasteiger partial charge in [-0.2, -0.15) is 5.10 Å². The van der Waals surface area contributed by atoms with Crippen molar-refractivity contribution in [3.05, 3.63) is 60.0 Å². The van der Waals surface area contributed by atoms with Gasteiger partial charge in [0.2, 0.25) is 0 Å². The van der Waals surface area contributed by atoms with Gasteiger partial charge in [0.25, 0.3) is 0 Å². The molecule has 1 aliphatic rings. The summed E-state index contributed by atoms with van der Waals surface area (Å²) in [5.74, 6) is 1.05. The maximum absolute atomic E-state index is 4.63. The third-order valence-corrected chi connectivity index (χ3v) is 4.77. The Morgan fingerprint density at radius 2 is 1.50 bits per heavy atom. The molecule has 0 amide bonds. The second-order valence-electron chi connectivity index (χ2n) is 6.45. The van der Waals surface area contributed by atoms with E-state index in [4.69, 9.17) is 0 Å². The van der Waals surface area contributed by atoms with Crippen molar-refractivity contribution in [2.24, 2.45) is 0 Å². The molecule has 4 nitrogen and oxygen atoms in total. The van der Waals surface area contributed by atoms with E-state index in [0.29, 0.717) is 0 Å². The van der Waals surface area contributed by atoms with Gasteiger partial charge >= 0.3 is 0 Å². The standard InChI is InChI=1S/C20H22N4/c1-2-6-14-24(13-5-1)20-18-8-4-3-7-17(18)19(22-23-20)15-16-9-11-21-12-10-16/h3-4,7-12H,1-2,5-6,13-15H2. The van der Waals surface area contributed by atoms with Gasteiger partial charge in [0.1, 0.15) is 0 Å². The number of fused-ring (bicyclic) bond motifs is 1. The van der Waals surface area contributed by atoms with E-state index in [2.05, 4.69) is 44.3 Å². The molecule has 0 unspecified atom stereocenters. The fourth-order valence-corrected chi connectivity index (χ4v) is 3.49. The number of hydrogen-bond donors (Lipinski definition) is 0. The number of rotatable bonds is 3. The van der Waals surface area contributed by atoms with Crippen molar-refractivity contribution >= 4 is 16.6 Å². The first-order chi connectivity index (χ1) is 11.9. The maximum atomic E-state index is 4.63. The SMILES string of the molecule is c1ccc2c(N3CCCCCC3)nnc(Cc3ccncc3)c2c1. The number of pyridine rings is 1. The topological polar surface area (TPSA) is 41.9 Å². The zero-order chi connectivity index (χ0) is 16.2. The second-order valence-corrected chi connectivity index (χ2v) is 6.45. The first-order valence-electron chi connectivity index (χ1n) is 8.80. The average molecular weight is 318 g/mol.